The average molecular weight is 502 g/mol. The third kappa shape index (κ3) is 8.16. The van der Waals surface area contributed by atoms with Crippen LogP contribution in [-0.4, -0.2) is 36.3 Å². The number of rotatable bonds is 10. The zero-order valence-electron chi connectivity index (χ0n) is 23.4. The number of nitrogens with two attached hydrogens (primary N) is 1. The van der Waals surface area contributed by atoms with E-state index in [1.54, 1.807) is 0 Å². The summed E-state index contributed by atoms with van der Waals surface area (Å²) in [5.41, 5.74) is 11.7. The van der Waals surface area contributed by atoms with E-state index in [0.717, 1.165) is 36.1 Å². The molecule has 0 fully saturated rings. The van der Waals surface area contributed by atoms with Crippen LogP contribution >= 0.6 is 0 Å². The number of nitrogens with zero attached hydrogens (tertiary/aromatic N) is 1. The Morgan fingerprint density at radius 3 is 2.76 bits per heavy atom. The van der Waals surface area contributed by atoms with Crippen molar-refractivity contribution in [3.8, 4) is 0 Å². The molecule has 0 aromatic heterocycles. The topological polar surface area (TPSA) is 79.9 Å². The van der Waals surface area contributed by atoms with Crippen LogP contribution in [0.15, 0.2) is 82.3 Å². The number of allylic oxidation sites excluding steroid dienone is 6. The predicted octanol–water partition coefficient (Wildman–Crippen LogP) is 6.10. The largest absolute Gasteiger partial charge is 0.486 e. The first-order valence-electron chi connectivity index (χ1n) is 13.5. The molecule has 0 bridgehead atoms. The van der Waals surface area contributed by atoms with Crippen LogP contribution in [-0.2, 0) is 4.65 Å². The minimum atomic E-state index is -0.949. The van der Waals surface area contributed by atoms with Crippen LogP contribution in [0.5, 0.6) is 0 Å². The lowest BCUT2D eigenvalue weighted by molar-refractivity contribution is 0.0819. The maximum absolute atomic E-state index is 10.4. The molecular weight excluding hydrogens is 457 g/mol. The van der Waals surface area contributed by atoms with Crippen molar-refractivity contribution in [2.75, 3.05) is 6.54 Å². The molecule has 0 radical (unpaired) electrons. The van der Waals surface area contributed by atoms with Crippen molar-refractivity contribution in [2.24, 2.45) is 16.6 Å². The summed E-state index contributed by atoms with van der Waals surface area (Å²) in [6.07, 6.45) is 17.1. The molecule has 0 heterocycles. The zero-order valence-corrected chi connectivity index (χ0v) is 23.4. The summed E-state index contributed by atoms with van der Waals surface area (Å²) < 4.78 is 5.78. The molecule has 37 heavy (non-hydrogen) atoms. The number of fused-ring (bicyclic) bond motifs is 1. The van der Waals surface area contributed by atoms with Crippen molar-refractivity contribution in [1.82, 2.24) is 5.32 Å². The van der Waals surface area contributed by atoms with E-state index in [9.17, 15) is 5.02 Å². The Morgan fingerprint density at radius 1 is 1.30 bits per heavy atom. The van der Waals surface area contributed by atoms with E-state index in [4.69, 9.17) is 15.4 Å². The second-order valence-electron chi connectivity index (χ2n) is 10.8. The molecule has 0 saturated heterocycles. The van der Waals surface area contributed by atoms with Gasteiger partial charge in [0.15, 0.2) is 0 Å². The van der Waals surface area contributed by atoms with Crippen LogP contribution in [0.1, 0.15) is 77.8 Å². The van der Waals surface area contributed by atoms with Gasteiger partial charge >= 0.3 is 7.12 Å². The molecular formula is C31H44BN3O2. The molecule has 1 aromatic carbocycles. The van der Waals surface area contributed by atoms with Crippen molar-refractivity contribution in [1.29, 1.82) is 0 Å². The smallest absolute Gasteiger partial charge is 0.423 e. The average Bonchev–Trinajstić information content (AvgIpc) is 2.90. The Bertz CT molecular complexity index is 1110. The molecule has 198 valence electrons. The van der Waals surface area contributed by atoms with Crippen LogP contribution in [0.3, 0.4) is 0 Å². The van der Waals surface area contributed by atoms with E-state index in [1.165, 1.54) is 16.7 Å². The molecule has 0 saturated carbocycles. The molecule has 3 atom stereocenters. The summed E-state index contributed by atoms with van der Waals surface area (Å²) in [4.78, 5) is 5.06. The Morgan fingerprint density at radius 2 is 2.05 bits per heavy atom. The summed E-state index contributed by atoms with van der Waals surface area (Å²) in [6, 6.07) is 8.60. The maximum Gasteiger partial charge on any atom is 0.486 e. The number of hydrogen-bond donors (Lipinski definition) is 3. The molecule has 5 nitrogen and oxygen atoms in total. The minimum absolute atomic E-state index is 0.332. The Hall–Kier alpha value is -2.67. The first-order valence-corrected chi connectivity index (χ1v) is 13.5. The fraction of sp³-hybridized carbons (Fsp3) is 0.452. The molecule has 2 aliphatic carbocycles. The van der Waals surface area contributed by atoms with Gasteiger partial charge in [-0.3, -0.25) is 4.99 Å². The van der Waals surface area contributed by atoms with Gasteiger partial charge in [0.1, 0.15) is 5.84 Å². The molecule has 0 spiro atoms. The van der Waals surface area contributed by atoms with Crippen molar-refractivity contribution in [3.63, 3.8) is 0 Å². The van der Waals surface area contributed by atoms with Crippen LogP contribution in [0.4, 0.5) is 0 Å². The molecule has 3 rings (SSSR count). The van der Waals surface area contributed by atoms with E-state index in [2.05, 4.69) is 66.9 Å². The van der Waals surface area contributed by atoms with Gasteiger partial charge in [0.2, 0.25) is 0 Å². The summed E-state index contributed by atoms with van der Waals surface area (Å²) in [5, 5.41) is 13.9. The van der Waals surface area contributed by atoms with E-state index < -0.39 is 13.3 Å². The molecule has 4 N–H and O–H groups in total. The van der Waals surface area contributed by atoms with Gasteiger partial charge in [0, 0.05) is 18.1 Å². The highest BCUT2D eigenvalue weighted by Gasteiger charge is 2.26. The third-order valence-corrected chi connectivity index (χ3v) is 7.49. The SMILES string of the molecule is CCC(C)(C)OB(O)/C(C)=C/C=C(\C)C(N)NC(=NCC1C=Cc2ccccc2C1C)C1=CC=CCC1. The Kier molecular flexibility index (Phi) is 10.3. The quantitative estimate of drug-likeness (QED) is 0.119. The van der Waals surface area contributed by atoms with Gasteiger partial charge in [-0.1, -0.05) is 80.6 Å². The monoisotopic (exact) mass is 501 g/mol. The second kappa shape index (κ2) is 13.2. The van der Waals surface area contributed by atoms with Gasteiger partial charge in [0.25, 0.3) is 0 Å². The lowest BCUT2D eigenvalue weighted by Gasteiger charge is -2.27. The van der Waals surface area contributed by atoms with Gasteiger partial charge in [-0.2, -0.15) is 0 Å². The van der Waals surface area contributed by atoms with Gasteiger partial charge in [0.05, 0.1) is 6.17 Å². The third-order valence-electron chi connectivity index (χ3n) is 7.49. The number of nitrogens with one attached hydrogen (secondary N) is 1. The second-order valence-corrected chi connectivity index (χ2v) is 10.8. The first-order chi connectivity index (χ1) is 17.6. The van der Waals surface area contributed by atoms with Crippen molar-refractivity contribution >= 4 is 19.0 Å². The summed E-state index contributed by atoms with van der Waals surface area (Å²) in [6.45, 7) is 12.8. The molecule has 3 unspecified atom stereocenters. The minimum Gasteiger partial charge on any atom is -0.423 e. The zero-order chi connectivity index (χ0) is 27.0. The fourth-order valence-electron chi connectivity index (χ4n) is 4.35. The number of hydrogen-bond acceptors (Lipinski definition) is 4. The first kappa shape index (κ1) is 28.9. The van der Waals surface area contributed by atoms with Crippen LogP contribution in [0, 0.1) is 5.92 Å². The van der Waals surface area contributed by atoms with E-state index >= 15 is 0 Å². The highest BCUT2D eigenvalue weighted by Crippen LogP contribution is 2.34. The standard InChI is InChI=1S/C31H44BN3O2/c1-7-31(5,6)37-32(36)23(3)18-17-22(2)29(33)35-30(26-14-9-8-10-15-26)34-21-27-20-19-25-13-11-12-16-28(25)24(27)4/h8-9,11-14,16-20,24,27,29,36H,7,10,15,21,33H2,1-6H3,(H,34,35)/b22-17+,23-18+. The van der Waals surface area contributed by atoms with E-state index in [0.29, 0.717) is 18.4 Å². The summed E-state index contributed by atoms with van der Waals surface area (Å²) in [5.74, 6) is 1.60. The normalized spacial score (nSPS) is 21.4. The molecule has 0 aliphatic heterocycles. The van der Waals surface area contributed by atoms with Gasteiger partial charge in [-0.05, 0) is 80.6 Å². The molecule has 1 aromatic rings. The highest BCUT2D eigenvalue weighted by atomic mass is 16.5. The van der Waals surface area contributed by atoms with Crippen molar-refractivity contribution in [2.45, 2.75) is 78.5 Å². The fourth-order valence-corrected chi connectivity index (χ4v) is 4.35. The van der Waals surface area contributed by atoms with Crippen LogP contribution in [0.2, 0.25) is 0 Å². The van der Waals surface area contributed by atoms with Gasteiger partial charge in [-0.15, -0.1) is 0 Å². The van der Waals surface area contributed by atoms with E-state index in [-0.39, 0.29) is 5.60 Å². The Labute approximate surface area is 224 Å². The van der Waals surface area contributed by atoms with Gasteiger partial charge < -0.3 is 20.7 Å². The lowest BCUT2D eigenvalue weighted by Crippen LogP contribution is -2.43. The Balaban J connectivity index is 1.72. The number of benzene rings is 1. The van der Waals surface area contributed by atoms with Crippen LogP contribution < -0.4 is 11.1 Å². The summed E-state index contributed by atoms with van der Waals surface area (Å²) in [7, 11) is -0.949. The van der Waals surface area contributed by atoms with Crippen LogP contribution in [0.25, 0.3) is 6.08 Å². The number of aliphatic imine (C=N–C) groups is 1. The van der Waals surface area contributed by atoms with Crippen molar-refractivity contribution < 1.29 is 9.68 Å². The maximum atomic E-state index is 10.4. The highest BCUT2D eigenvalue weighted by molar-refractivity contribution is 6.52. The van der Waals surface area contributed by atoms with Gasteiger partial charge in [-0.25, -0.2) is 0 Å². The molecule has 6 heteroatoms. The van der Waals surface area contributed by atoms with E-state index in [1.807, 2.05) is 46.8 Å². The summed E-state index contributed by atoms with van der Waals surface area (Å²) >= 11 is 0. The number of amidine groups is 1. The lowest BCUT2D eigenvalue weighted by atomic mass is 9.78. The van der Waals surface area contributed by atoms with Crippen molar-refractivity contribution in [3.05, 3.63) is 88.5 Å². The molecule has 0 amide bonds. The molecule has 2 aliphatic rings. The predicted molar refractivity (Wildman–Crippen MR) is 158 cm³/mol.